The van der Waals surface area contributed by atoms with Crippen molar-refractivity contribution in [3.63, 3.8) is 0 Å². The Balaban J connectivity index is 1.49. The summed E-state index contributed by atoms with van der Waals surface area (Å²) in [6.07, 6.45) is 6.44. The molecule has 3 heterocycles. The average Bonchev–Trinajstić information content (AvgIpc) is 3.22. The molecule has 0 unspecified atom stereocenters. The van der Waals surface area contributed by atoms with Crippen LogP contribution < -0.4 is 0 Å². The summed E-state index contributed by atoms with van der Waals surface area (Å²) in [5.41, 5.74) is 4.53. The summed E-state index contributed by atoms with van der Waals surface area (Å²) in [6, 6.07) is 8.14. The largest absolute Gasteiger partial charge is 0.361 e. The Labute approximate surface area is 141 Å². The fraction of sp³-hybridized carbons (Fsp3) is 0.368. The first-order valence-corrected chi connectivity index (χ1v) is 8.55. The number of nitrogens with zero attached hydrogens (tertiary/aromatic N) is 2. The number of amides is 1. The fourth-order valence-corrected chi connectivity index (χ4v) is 3.76. The number of carbonyl (C=O) groups excluding carboxylic acids is 1. The first-order valence-electron chi connectivity index (χ1n) is 8.55. The number of piperidine rings is 1. The van der Waals surface area contributed by atoms with Crippen molar-refractivity contribution >= 4 is 16.8 Å². The summed E-state index contributed by atoms with van der Waals surface area (Å²) >= 11 is 0. The quantitative estimate of drug-likeness (QED) is 0.778. The van der Waals surface area contributed by atoms with E-state index in [9.17, 15) is 4.79 Å². The summed E-state index contributed by atoms with van der Waals surface area (Å²) in [4.78, 5) is 18.1. The first-order chi connectivity index (χ1) is 11.7. The number of H-pyrrole nitrogens is 2. The molecule has 1 fully saturated rings. The highest BCUT2D eigenvalue weighted by atomic mass is 16.2. The molecule has 1 aliphatic rings. The van der Waals surface area contributed by atoms with Crippen LogP contribution in [0.3, 0.4) is 0 Å². The Morgan fingerprint density at radius 1 is 1.38 bits per heavy atom. The number of rotatable bonds is 3. The number of likely N-dealkylation sites (tertiary alicyclic amines) is 1. The molecular formula is C19H22N4O. The van der Waals surface area contributed by atoms with E-state index in [0.29, 0.717) is 12.3 Å². The van der Waals surface area contributed by atoms with Gasteiger partial charge < -0.3 is 9.88 Å². The normalized spacial score (nSPS) is 18.2. The van der Waals surface area contributed by atoms with Gasteiger partial charge in [-0.15, -0.1) is 0 Å². The highest BCUT2D eigenvalue weighted by Gasteiger charge is 2.26. The van der Waals surface area contributed by atoms with Gasteiger partial charge in [-0.3, -0.25) is 9.89 Å². The molecule has 0 aliphatic carbocycles. The minimum Gasteiger partial charge on any atom is -0.361 e. The van der Waals surface area contributed by atoms with Crippen molar-refractivity contribution in [3.8, 4) is 0 Å². The zero-order valence-corrected chi connectivity index (χ0v) is 13.9. The molecule has 4 rings (SSSR count). The molecule has 0 bridgehead atoms. The molecule has 124 valence electrons. The van der Waals surface area contributed by atoms with Crippen molar-refractivity contribution in [3.05, 3.63) is 53.5 Å². The number of carbonyl (C=O) groups is 1. The van der Waals surface area contributed by atoms with E-state index < -0.39 is 0 Å². The van der Waals surface area contributed by atoms with Crippen LogP contribution in [0.5, 0.6) is 0 Å². The first kappa shape index (κ1) is 15.0. The third-order valence-electron chi connectivity index (χ3n) is 5.07. The van der Waals surface area contributed by atoms with Crippen molar-refractivity contribution in [2.75, 3.05) is 13.1 Å². The molecule has 2 aromatic heterocycles. The maximum Gasteiger partial charge on any atom is 0.227 e. The molecule has 1 atom stereocenters. The standard InChI is InChI=1S/C19H22N4O/c1-13-10-21-22-19(13)14-5-4-8-23(12-14)18(24)9-15-11-20-17-7-3-2-6-16(15)17/h2-3,6-7,10-11,14,20H,4-5,8-9,12H2,1H3,(H,21,22)/t14-/m1/s1. The topological polar surface area (TPSA) is 64.8 Å². The van der Waals surface area contributed by atoms with Gasteiger partial charge in [0.2, 0.25) is 5.91 Å². The van der Waals surface area contributed by atoms with Crippen LogP contribution in [0.15, 0.2) is 36.7 Å². The van der Waals surface area contributed by atoms with Crippen LogP contribution in [0.25, 0.3) is 10.9 Å². The van der Waals surface area contributed by atoms with Crippen molar-refractivity contribution in [2.24, 2.45) is 0 Å². The summed E-state index contributed by atoms with van der Waals surface area (Å²) in [5.74, 6) is 0.579. The monoisotopic (exact) mass is 322 g/mol. The number of benzene rings is 1. The Morgan fingerprint density at radius 2 is 2.25 bits per heavy atom. The molecule has 0 radical (unpaired) electrons. The van der Waals surface area contributed by atoms with Gasteiger partial charge in [-0.2, -0.15) is 5.10 Å². The average molecular weight is 322 g/mol. The third kappa shape index (κ3) is 2.70. The zero-order valence-electron chi connectivity index (χ0n) is 13.9. The Bertz CT molecular complexity index is 863. The lowest BCUT2D eigenvalue weighted by atomic mass is 9.92. The molecule has 5 nitrogen and oxygen atoms in total. The number of hydrogen-bond acceptors (Lipinski definition) is 2. The fourth-order valence-electron chi connectivity index (χ4n) is 3.76. The van der Waals surface area contributed by atoms with Crippen molar-refractivity contribution < 1.29 is 4.79 Å². The zero-order chi connectivity index (χ0) is 16.5. The van der Waals surface area contributed by atoms with Gasteiger partial charge in [0.25, 0.3) is 0 Å². The van der Waals surface area contributed by atoms with E-state index in [4.69, 9.17) is 0 Å². The van der Waals surface area contributed by atoms with Gasteiger partial charge in [0.15, 0.2) is 0 Å². The molecule has 1 aliphatic heterocycles. The molecule has 5 heteroatoms. The molecule has 1 aromatic carbocycles. The van der Waals surface area contributed by atoms with E-state index in [1.807, 2.05) is 35.5 Å². The second-order valence-corrected chi connectivity index (χ2v) is 6.68. The minimum absolute atomic E-state index is 0.210. The van der Waals surface area contributed by atoms with Gasteiger partial charge in [0.05, 0.1) is 12.6 Å². The SMILES string of the molecule is Cc1cn[nH]c1[C@@H]1CCCN(C(=O)Cc2c[nH]c3ccccc23)C1. The molecular weight excluding hydrogens is 300 g/mol. The molecule has 0 spiro atoms. The van der Waals surface area contributed by atoms with E-state index >= 15 is 0 Å². The van der Waals surface area contributed by atoms with Gasteiger partial charge in [-0.25, -0.2) is 0 Å². The highest BCUT2D eigenvalue weighted by Crippen LogP contribution is 2.28. The van der Waals surface area contributed by atoms with Gasteiger partial charge in [-0.05, 0) is 37.0 Å². The van der Waals surface area contributed by atoms with Gasteiger partial charge in [0.1, 0.15) is 0 Å². The summed E-state index contributed by atoms with van der Waals surface area (Å²) in [7, 11) is 0. The van der Waals surface area contributed by atoms with E-state index in [0.717, 1.165) is 42.4 Å². The molecule has 3 aromatic rings. The maximum atomic E-state index is 12.8. The third-order valence-corrected chi connectivity index (χ3v) is 5.07. The second-order valence-electron chi connectivity index (χ2n) is 6.68. The Hall–Kier alpha value is -2.56. The van der Waals surface area contributed by atoms with E-state index in [1.165, 1.54) is 11.3 Å². The van der Waals surface area contributed by atoms with Crippen molar-refractivity contribution in [1.82, 2.24) is 20.1 Å². The molecule has 24 heavy (non-hydrogen) atoms. The number of para-hydroxylation sites is 1. The number of aromatic amines is 2. The van der Waals surface area contributed by atoms with Gasteiger partial charge in [0, 0.05) is 41.8 Å². The lowest BCUT2D eigenvalue weighted by Gasteiger charge is -2.32. The number of aromatic nitrogens is 3. The predicted molar refractivity (Wildman–Crippen MR) is 93.9 cm³/mol. The van der Waals surface area contributed by atoms with E-state index in [-0.39, 0.29) is 5.91 Å². The van der Waals surface area contributed by atoms with Crippen LogP contribution in [-0.4, -0.2) is 39.1 Å². The Morgan fingerprint density at radius 3 is 3.08 bits per heavy atom. The van der Waals surface area contributed by atoms with Crippen LogP contribution in [0.1, 0.15) is 35.6 Å². The molecule has 2 N–H and O–H groups in total. The van der Waals surface area contributed by atoms with E-state index in [1.54, 1.807) is 0 Å². The smallest absolute Gasteiger partial charge is 0.227 e. The molecule has 1 amide bonds. The van der Waals surface area contributed by atoms with Gasteiger partial charge in [-0.1, -0.05) is 18.2 Å². The van der Waals surface area contributed by atoms with Crippen molar-refractivity contribution in [1.29, 1.82) is 0 Å². The van der Waals surface area contributed by atoms with E-state index in [2.05, 4.69) is 28.2 Å². The molecule has 0 saturated carbocycles. The van der Waals surface area contributed by atoms with Crippen LogP contribution in [0.4, 0.5) is 0 Å². The molecule has 1 saturated heterocycles. The number of nitrogens with one attached hydrogen (secondary N) is 2. The van der Waals surface area contributed by atoms with Crippen LogP contribution >= 0.6 is 0 Å². The second kappa shape index (κ2) is 6.15. The minimum atomic E-state index is 0.210. The Kier molecular flexibility index (Phi) is 3.84. The summed E-state index contributed by atoms with van der Waals surface area (Å²) < 4.78 is 0. The number of aryl methyl sites for hydroxylation is 1. The van der Waals surface area contributed by atoms with Gasteiger partial charge >= 0.3 is 0 Å². The van der Waals surface area contributed by atoms with Crippen LogP contribution in [0.2, 0.25) is 0 Å². The number of fused-ring (bicyclic) bond motifs is 1. The highest BCUT2D eigenvalue weighted by molar-refractivity contribution is 5.88. The van der Waals surface area contributed by atoms with Crippen LogP contribution in [0, 0.1) is 6.92 Å². The van der Waals surface area contributed by atoms with Crippen LogP contribution in [-0.2, 0) is 11.2 Å². The number of hydrogen-bond donors (Lipinski definition) is 2. The summed E-state index contributed by atoms with van der Waals surface area (Å²) in [5, 5.41) is 8.38. The predicted octanol–water partition coefficient (Wildman–Crippen LogP) is 3.15. The maximum absolute atomic E-state index is 12.8. The lowest BCUT2D eigenvalue weighted by Crippen LogP contribution is -2.40. The summed E-state index contributed by atoms with van der Waals surface area (Å²) in [6.45, 7) is 3.71. The van der Waals surface area contributed by atoms with Crippen molar-refractivity contribution in [2.45, 2.75) is 32.1 Å². The lowest BCUT2D eigenvalue weighted by molar-refractivity contribution is -0.131.